The van der Waals surface area contributed by atoms with E-state index in [-0.39, 0.29) is 0 Å². The first-order valence-electron chi connectivity index (χ1n) is 9.16. The van der Waals surface area contributed by atoms with Crippen LogP contribution in [0.15, 0.2) is 0 Å². The van der Waals surface area contributed by atoms with E-state index in [0.29, 0.717) is 0 Å². The lowest BCUT2D eigenvalue weighted by Gasteiger charge is -2.18. The standard InChI is InChI=1S/C18H41N3/c1-5-6-7-9-13-18(15-12-17-21(4)19)14-10-8-11-16-20(2)3/h18H,5-17,19H2,1-4H3. The van der Waals surface area contributed by atoms with Crippen molar-refractivity contribution in [2.45, 2.75) is 77.6 Å². The molecule has 3 nitrogen and oxygen atoms in total. The second-order valence-electron chi connectivity index (χ2n) is 6.99. The SMILES string of the molecule is CCCCCCC(CCCCCN(C)C)CCCN(C)N. The highest BCUT2D eigenvalue weighted by atomic mass is 15.4. The lowest BCUT2D eigenvalue weighted by molar-refractivity contribution is 0.304. The van der Waals surface area contributed by atoms with Gasteiger partial charge in [0.05, 0.1) is 0 Å². The Hall–Kier alpha value is -0.120. The van der Waals surface area contributed by atoms with Gasteiger partial charge in [0.15, 0.2) is 0 Å². The van der Waals surface area contributed by atoms with Crippen molar-refractivity contribution in [2.75, 3.05) is 34.2 Å². The van der Waals surface area contributed by atoms with E-state index in [4.69, 9.17) is 5.84 Å². The molecule has 0 fully saturated rings. The maximum absolute atomic E-state index is 5.71. The van der Waals surface area contributed by atoms with Crippen molar-refractivity contribution in [3.8, 4) is 0 Å². The van der Waals surface area contributed by atoms with E-state index in [1.54, 1.807) is 0 Å². The van der Waals surface area contributed by atoms with Gasteiger partial charge in [-0.2, -0.15) is 0 Å². The molecule has 0 heterocycles. The molecule has 0 bridgehead atoms. The average Bonchev–Trinajstić information content (AvgIpc) is 2.41. The van der Waals surface area contributed by atoms with Crippen LogP contribution in [-0.4, -0.2) is 44.1 Å². The molecule has 1 unspecified atom stereocenters. The van der Waals surface area contributed by atoms with Crippen molar-refractivity contribution in [1.82, 2.24) is 9.91 Å². The van der Waals surface area contributed by atoms with E-state index >= 15 is 0 Å². The molecule has 0 radical (unpaired) electrons. The van der Waals surface area contributed by atoms with Crippen LogP contribution < -0.4 is 5.84 Å². The summed E-state index contributed by atoms with van der Waals surface area (Å²) < 4.78 is 0. The minimum atomic E-state index is 0.932. The molecule has 0 saturated carbocycles. The van der Waals surface area contributed by atoms with Crippen LogP contribution in [0.5, 0.6) is 0 Å². The summed E-state index contributed by atoms with van der Waals surface area (Å²) in [7, 11) is 6.30. The van der Waals surface area contributed by atoms with Gasteiger partial charge >= 0.3 is 0 Å². The second-order valence-corrected chi connectivity index (χ2v) is 6.99. The summed E-state index contributed by atoms with van der Waals surface area (Å²) in [6.07, 6.45) is 15.2. The third-order valence-electron chi connectivity index (χ3n) is 4.31. The molecular formula is C18H41N3. The minimum absolute atomic E-state index is 0.932. The maximum atomic E-state index is 5.71. The molecule has 0 aliphatic carbocycles. The predicted molar refractivity (Wildman–Crippen MR) is 95.3 cm³/mol. The molecule has 0 aliphatic rings. The zero-order chi connectivity index (χ0) is 15.9. The molecule has 0 aromatic heterocycles. The van der Waals surface area contributed by atoms with Crippen LogP contribution in [0.1, 0.15) is 77.6 Å². The van der Waals surface area contributed by atoms with Crippen molar-refractivity contribution in [3.63, 3.8) is 0 Å². The second kappa shape index (κ2) is 14.8. The van der Waals surface area contributed by atoms with Crippen molar-refractivity contribution >= 4 is 0 Å². The molecule has 0 aromatic carbocycles. The van der Waals surface area contributed by atoms with Gasteiger partial charge in [-0.25, -0.2) is 0 Å². The highest BCUT2D eigenvalue weighted by Crippen LogP contribution is 2.22. The molecule has 21 heavy (non-hydrogen) atoms. The van der Waals surface area contributed by atoms with Crippen LogP contribution in [0.2, 0.25) is 0 Å². The molecule has 1 atom stereocenters. The average molecular weight is 300 g/mol. The zero-order valence-corrected chi connectivity index (χ0v) is 15.2. The topological polar surface area (TPSA) is 32.5 Å². The lowest BCUT2D eigenvalue weighted by Crippen LogP contribution is -2.27. The van der Waals surface area contributed by atoms with Crippen molar-refractivity contribution in [2.24, 2.45) is 11.8 Å². The molecule has 0 aromatic rings. The van der Waals surface area contributed by atoms with E-state index in [9.17, 15) is 0 Å². The summed E-state index contributed by atoms with van der Waals surface area (Å²) in [6, 6.07) is 0. The fourth-order valence-corrected chi connectivity index (χ4v) is 2.96. The Morgan fingerprint density at radius 2 is 1.29 bits per heavy atom. The summed E-state index contributed by atoms with van der Waals surface area (Å²) in [5, 5.41) is 1.82. The number of rotatable bonds is 15. The smallest absolute Gasteiger partial charge is 0.0125 e. The molecule has 0 rings (SSSR count). The number of nitrogens with two attached hydrogens (primary N) is 1. The molecule has 0 spiro atoms. The summed E-state index contributed by atoms with van der Waals surface area (Å²) in [4.78, 5) is 2.29. The molecular weight excluding hydrogens is 258 g/mol. The molecule has 0 amide bonds. The first-order valence-corrected chi connectivity index (χ1v) is 9.16. The van der Waals surface area contributed by atoms with E-state index in [0.717, 1.165) is 12.5 Å². The van der Waals surface area contributed by atoms with Crippen LogP contribution >= 0.6 is 0 Å². The Kier molecular flexibility index (Phi) is 14.7. The predicted octanol–water partition coefficient (Wildman–Crippen LogP) is 4.28. The Balaban J connectivity index is 3.77. The third-order valence-corrected chi connectivity index (χ3v) is 4.31. The van der Waals surface area contributed by atoms with Crippen LogP contribution in [0.4, 0.5) is 0 Å². The van der Waals surface area contributed by atoms with Crippen LogP contribution in [0.3, 0.4) is 0 Å². The molecule has 3 heteroatoms. The molecule has 2 N–H and O–H groups in total. The number of hydrogen-bond acceptors (Lipinski definition) is 3. The number of hydrogen-bond donors (Lipinski definition) is 1. The highest BCUT2D eigenvalue weighted by molar-refractivity contribution is 4.62. The summed E-state index contributed by atoms with van der Waals surface area (Å²) in [5.41, 5.74) is 0. The Morgan fingerprint density at radius 1 is 0.714 bits per heavy atom. The van der Waals surface area contributed by atoms with Gasteiger partial charge < -0.3 is 4.90 Å². The molecule has 0 aliphatic heterocycles. The van der Waals surface area contributed by atoms with Gasteiger partial charge in [-0.1, -0.05) is 58.3 Å². The van der Waals surface area contributed by atoms with E-state index in [1.165, 1.54) is 77.2 Å². The van der Waals surface area contributed by atoms with E-state index < -0.39 is 0 Å². The van der Waals surface area contributed by atoms with E-state index in [2.05, 4.69) is 25.9 Å². The van der Waals surface area contributed by atoms with Gasteiger partial charge in [0.2, 0.25) is 0 Å². The van der Waals surface area contributed by atoms with Gasteiger partial charge in [0.25, 0.3) is 0 Å². The number of unbranched alkanes of at least 4 members (excludes halogenated alkanes) is 5. The fourth-order valence-electron chi connectivity index (χ4n) is 2.96. The lowest BCUT2D eigenvalue weighted by atomic mass is 9.90. The minimum Gasteiger partial charge on any atom is -0.309 e. The maximum Gasteiger partial charge on any atom is 0.0125 e. The highest BCUT2D eigenvalue weighted by Gasteiger charge is 2.09. The van der Waals surface area contributed by atoms with Gasteiger partial charge in [-0.3, -0.25) is 10.9 Å². The first-order chi connectivity index (χ1) is 10.1. The quantitative estimate of drug-likeness (QED) is 0.278. The summed E-state index contributed by atoms with van der Waals surface area (Å²) >= 11 is 0. The van der Waals surface area contributed by atoms with Crippen LogP contribution in [0.25, 0.3) is 0 Å². The van der Waals surface area contributed by atoms with Crippen molar-refractivity contribution < 1.29 is 0 Å². The Bertz CT molecular complexity index is 205. The van der Waals surface area contributed by atoms with Crippen LogP contribution in [-0.2, 0) is 0 Å². The Labute approximate surface area is 134 Å². The van der Waals surface area contributed by atoms with Crippen molar-refractivity contribution in [3.05, 3.63) is 0 Å². The Morgan fingerprint density at radius 3 is 1.81 bits per heavy atom. The van der Waals surface area contributed by atoms with Gasteiger partial charge in [-0.15, -0.1) is 0 Å². The molecule has 128 valence electrons. The van der Waals surface area contributed by atoms with E-state index in [1.807, 2.05) is 12.1 Å². The fraction of sp³-hybridized carbons (Fsp3) is 1.00. The largest absolute Gasteiger partial charge is 0.309 e. The zero-order valence-electron chi connectivity index (χ0n) is 15.2. The monoisotopic (exact) mass is 299 g/mol. The van der Waals surface area contributed by atoms with Gasteiger partial charge in [0, 0.05) is 13.6 Å². The first kappa shape index (κ1) is 20.9. The summed E-state index contributed by atoms with van der Waals surface area (Å²) in [5.74, 6) is 6.65. The third kappa shape index (κ3) is 16.1. The van der Waals surface area contributed by atoms with Gasteiger partial charge in [0.1, 0.15) is 0 Å². The molecule has 0 saturated heterocycles. The normalized spacial score (nSPS) is 13.3. The van der Waals surface area contributed by atoms with Crippen LogP contribution in [0, 0.1) is 5.92 Å². The number of hydrazine groups is 1. The van der Waals surface area contributed by atoms with Crippen molar-refractivity contribution in [1.29, 1.82) is 0 Å². The van der Waals surface area contributed by atoms with Gasteiger partial charge in [-0.05, 0) is 45.8 Å². The summed E-state index contributed by atoms with van der Waals surface area (Å²) in [6.45, 7) is 4.56. The number of nitrogens with zero attached hydrogens (tertiary/aromatic N) is 2.